The molecule has 3 heterocycles. The molecule has 2 aromatic heterocycles. The minimum atomic E-state index is -5.11. The number of aliphatic hydroxyl groups is 2. The van der Waals surface area contributed by atoms with E-state index in [4.69, 9.17) is 32.3 Å². The topological polar surface area (TPSA) is 261 Å². The summed E-state index contributed by atoms with van der Waals surface area (Å²) in [5.41, 5.74) is 5.09. The Kier molecular flexibility index (Phi) is 7.13. The first kappa shape index (κ1) is 26.2. The average molecular weight is 530 g/mol. The molecule has 17 nitrogen and oxygen atoms in total. The van der Waals surface area contributed by atoms with E-state index in [0.29, 0.717) is 0 Å². The van der Waals surface area contributed by atoms with Gasteiger partial charge in [0, 0.05) is 0 Å². The number of hydrogen-bond acceptors (Lipinski definition) is 11. The van der Waals surface area contributed by atoms with Crippen molar-refractivity contribution in [2.75, 3.05) is 18.2 Å². The van der Waals surface area contributed by atoms with E-state index in [-0.39, 0.29) is 17.1 Å². The van der Waals surface area contributed by atoms with Crippen LogP contribution in [0.4, 0.5) is 5.95 Å². The summed E-state index contributed by atoms with van der Waals surface area (Å²) < 4.78 is 51.7. The SMILES string of the molecule is [B-]P(=O)(OC[C@H]1O[C@@H]([n+]2cn(C)c3c(=O)[nH]c(N)nc32)[C@H](O)[C@@H]1O)OP(=O)(O)CP(=O)(O)O. The molecule has 6 atom stereocenters. The van der Waals surface area contributed by atoms with Gasteiger partial charge in [-0.25, -0.2) is 4.57 Å². The first-order valence-electron chi connectivity index (χ1n) is 8.88. The zero-order chi connectivity index (χ0) is 24.9. The van der Waals surface area contributed by atoms with E-state index in [1.807, 2.05) is 0 Å². The number of anilines is 1. The smallest absolute Gasteiger partial charge is 0.344 e. The van der Waals surface area contributed by atoms with E-state index in [1.54, 1.807) is 0 Å². The molecule has 2 unspecified atom stereocenters. The summed E-state index contributed by atoms with van der Waals surface area (Å²) in [5, 5.41) is 20.7. The molecule has 0 aliphatic carbocycles. The Labute approximate surface area is 185 Å². The predicted molar refractivity (Wildman–Crippen MR) is 109 cm³/mol. The minimum absolute atomic E-state index is 0.0167. The molecule has 183 valence electrons. The van der Waals surface area contributed by atoms with Gasteiger partial charge in [0.15, 0.2) is 12.2 Å². The van der Waals surface area contributed by atoms with Gasteiger partial charge in [-0.2, -0.15) is 0 Å². The molecule has 21 heteroatoms. The van der Waals surface area contributed by atoms with Gasteiger partial charge in [0.2, 0.25) is 11.7 Å². The van der Waals surface area contributed by atoms with Gasteiger partial charge in [0.05, 0.1) is 21.1 Å². The summed E-state index contributed by atoms with van der Waals surface area (Å²) in [6, 6.07) is 0. The van der Waals surface area contributed by atoms with Crippen LogP contribution >= 0.6 is 22.7 Å². The van der Waals surface area contributed by atoms with Crippen molar-refractivity contribution in [3.8, 4) is 0 Å². The maximum Gasteiger partial charge on any atom is 0.344 e. The summed E-state index contributed by atoms with van der Waals surface area (Å²) >= 11 is 0. The Morgan fingerprint density at radius 1 is 1.30 bits per heavy atom. The Morgan fingerprint density at radius 2 is 1.94 bits per heavy atom. The molecule has 0 aromatic carbocycles. The molecule has 33 heavy (non-hydrogen) atoms. The van der Waals surface area contributed by atoms with Crippen LogP contribution < -0.4 is 15.9 Å². The first-order valence-corrected chi connectivity index (χ1v) is 14.1. The lowest BCUT2D eigenvalue weighted by Gasteiger charge is -2.29. The highest BCUT2D eigenvalue weighted by Crippen LogP contribution is 2.64. The highest BCUT2D eigenvalue weighted by atomic mass is 31.3. The van der Waals surface area contributed by atoms with Gasteiger partial charge in [-0.1, -0.05) is 4.98 Å². The number of aliphatic hydroxyl groups excluding tert-OH is 2. The summed E-state index contributed by atoms with van der Waals surface area (Å²) in [7, 11) is -8.27. The fourth-order valence-electron chi connectivity index (χ4n) is 3.19. The van der Waals surface area contributed by atoms with Gasteiger partial charge in [0.25, 0.3) is 11.5 Å². The molecule has 1 fully saturated rings. The second-order valence-electron chi connectivity index (χ2n) is 7.16. The van der Waals surface area contributed by atoms with Crippen LogP contribution in [0.25, 0.3) is 11.2 Å². The number of aromatic amines is 1. The molecular weight excluding hydrogens is 510 g/mol. The molecule has 1 aliphatic heterocycles. The van der Waals surface area contributed by atoms with Gasteiger partial charge >= 0.3 is 20.8 Å². The second kappa shape index (κ2) is 8.98. The van der Waals surface area contributed by atoms with Crippen molar-refractivity contribution in [3.63, 3.8) is 0 Å². The number of fused-ring (bicyclic) bond motifs is 1. The molecule has 1 aliphatic rings. The Bertz CT molecular complexity index is 1260. The van der Waals surface area contributed by atoms with Crippen molar-refractivity contribution in [1.29, 1.82) is 0 Å². The van der Waals surface area contributed by atoms with Crippen molar-refractivity contribution < 1.29 is 56.7 Å². The quantitative estimate of drug-likeness (QED) is 0.105. The lowest BCUT2D eigenvalue weighted by molar-refractivity contribution is -0.745. The highest BCUT2D eigenvalue weighted by Gasteiger charge is 2.47. The van der Waals surface area contributed by atoms with Crippen molar-refractivity contribution in [1.82, 2.24) is 14.5 Å². The Hall–Kier alpha value is -1.42. The largest absolute Gasteiger partial charge is 0.443 e. The van der Waals surface area contributed by atoms with Gasteiger partial charge in [0.1, 0.15) is 18.3 Å². The molecule has 0 amide bonds. The van der Waals surface area contributed by atoms with Gasteiger partial charge in [-0.05, 0) is 0 Å². The number of H-pyrrole nitrogens is 1. The number of nitrogens with two attached hydrogens (primary N) is 1. The lowest BCUT2D eigenvalue weighted by atomic mass is 10.1. The zero-order valence-corrected chi connectivity index (χ0v) is 19.4. The summed E-state index contributed by atoms with van der Waals surface area (Å²) in [4.78, 5) is 45.4. The van der Waals surface area contributed by atoms with E-state index < -0.39 is 65.3 Å². The number of aryl methyl sites for hydroxylation is 1. The molecule has 8 N–H and O–H groups in total. The molecular formula is C12H20BN5O12P3. The third kappa shape index (κ3) is 5.99. The number of ether oxygens (including phenoxy) is 1. The highest BCUT2D eigenvalue weighted by molar-refractivity contribution is 7.85. The molecule has 1 saturated heterocycles. The lowest BCUT2D eigenvalue weighted by Crippen LogP contribution is -2.46. The number of nitrogens with zero attached hydrogens (tertiary/aromatic N) is 3. The van der Waals surface area contributed by atoms with Crippen LogP contribution in [0.5, 0.6) is 0 Å². The maximum atomic E-state index is 12.1. The van der Waals surface area contributed by atoms with Crippen LogP contribution in [0, 0.1) is 0 Å². The molecule has 3 radical (unpaired) electrons. The fourth-order valence-corrected chi connectivity index (χ4v) is 7.69. The van der Waals surface area contributed by atoms with Crippen molar-refractivity contribution >= 4 is 47.3 Å². The summed E-state index contributed by atoms with van der Waals surface area (Å²) in [5.74, 6) is -1.87. The zero-order valence-electron chi connectivity index (χ0n) is 16.7. The number of hydrogen-bond donors (Lipinski definition) is 7. The molecule has 3 rings (SSSR count). The maximum absolute atomic E-state index is 12.1. The summed E-state index contributed by atoms with van der Waals surface area (Å²) in [6.45, 7) is -0.820. The van der Waals surface area contributed by atoms with Crippen molar-refractivity contribution in [2.45, 2.75) is 24.5 Å². The molecule has 0 bridgehead atoms. The predicted octanol–water partition coefficient (Wildman–Crippen LogP) is -2.62. The van der Waals surface area contributed by atoms with Crippen LogP contribution in [-0.2, 0) is 34.3 Å². The fraction of sp³-hybridized carbons (Fsp3) is 0.583. The Morgan fingerprint density at radius 3 is 2.55 bits per heavy atom. The number of rotatable bonds is 8. The number of nitrogens with one attached hydrogen (secondary N) is 1. The first-order chi connectivity index (χ1) is 15.0. The van der Waals surface area contributed by atoms with Gasteiger partial charge in [-0.15, -0.1) is 0 Å². The van der Waals surface area contributed by atoms with E-state index >= 15 is 0 Å². The number of nitrogen functional groups attached to an aromatic ring is 1. The van der Waals surface area contributed by atoms with Crippen LogP contribution in [0.2, 0.25) is 0 Å². The van der Waals surface area contributed by atoms with Crippen molar-refractivity contribution in [2.24, 2.45) is 7.05 Å². The number of aromatic nitrogens is 4. The Balaban J connectivity index is 1.76. The van der Waals surface area contributed by atoms with Gasteiger partial charge in [-0.3, -0.25) is 27.8 Å². The molecule has 2 aromatic rings. The van der Waals surface area contributed by atoms with Crippen LogP contribution in [-0.4, -0.2) is 77.8 Å². The van der Waals surface area contributed by atoms with Crippen LogP contribution in [0.3, 0.4) is 0 Å². The minimum Gasteiger partial charge on any atom is -0.443 e. The van der Waals surface area contributed by atoms with Gasteiger partial charge < -0.3 is 52.0 Å². The standard InChI is InChI=1S/C12H19BN5O12P3/c1-17-3-18(9-6(17)10(21)16-12(14)15-9)11-8(20)7(19)5(29-11)2-28-33(13,27)30-32(25,26)4-31(22,23)24/h3,5,7-8,11,19-20H,2,4H2,1H3,(H5-,14,15,16,21,22,23,24,25,26)/q-1/p+1/t5-,7-,8-,11-,33?/m1/s1. The second-order valence-corrected chi connectivity index (χ2v) is 12.9. The number of imidazole rings is 1. The van der Waals surface area contributed by atoms with Crippen LogP contribution in [0.1, 0.15) is 6.23 Å². The van der Waals surface area contributed by atoms with E-state index in [9.17, 15) is 33.6 Å². The van der Waals surface area contributed by atoms with Crippen molar-refractivity contribution in [3.05, 3.63) is 16.7 Å². The van der Waals surface area contributed by atoms with E-state index in [0.717, 1.165) is 0 Å². The average Bonchev–Trinajstić information content (AvgIpc) is 3.07. The van der Waals surface area contributed by atoms with Crippen LogP contribution in [0.15, 0.2) is 11.1 Å². The third-order valence-corrected chi connectivity index (χ3v) is 9.77. The monoisotopic (exact) mass is 530 g/mol. The molecule has 0 saturated carbocycles. The van der Waals surface area contributed by atoms with E-state index in [1.165, 1.54) is 22.5 Å². The normalized spacial score (nSPS) is 27.5. The summed E-state index contributed by atoms with van der Waals surface area (Å²) in [6.07, 6.45) is -4.62. The van der Waals surface area contributed by atoms with E-state index in [2.05, 4.69) is 14.3 Å². The molecule has 0 spiro atoms. The third-order valence-electron chi connectivity index (χ3n) is 4.42.